The summed E-state index contributed by atoms with van der Waals surface area (Å²) in [4.78, 5) is 29.5. The quantitative estimate of drug-likeness (QED) is 0.217. The van der Waals surface area contributed by atoms with E-state index >= 15 is 0 Å². The van der Waals surface area contributed by atoms with Gasteiger partial charge in [-0.3, -0.25) is 13.9 Å². The van der Waals surface area contributed by atoms with Crippen molar-refractivity contribution in [3.63, 3.8) is 0 Å². The molecule has 43 heavy (non-hydrogen) atoms. The fraction of sp³-hybridized carbons (Fsp3) is 0.235. The van der Waals surface area contributed by atoms with Gasteiger partial charge in [0.1, 0.15) is 18.4 Å². The van der Waals surface area contributed by atoms with E-state index in [9.17, 15) is 22.4 Å². The number of halogens is 1. The first-order valence-electron chi connectivity index (χ1n) is 14.2. The van der Waals surface area contributed by atoms with Gasteiger partial charge in [0, 0.05) is 19.0 Å². The Morgan fingerprint density at radius 1 is 0.791 bits per heavy atom. The van der Waals surface area contributed by atoms with Gasteiger partial charge in [-0.2, -0.15) is 0 Å². The van der Waals surface area contributed by atoms with Crippen LogP contribution in [0.3, 0.4) is 0 Å². The molecule has 0 aliphatic carbocycles. The van der Waals surface area contributed by atoms with E-state index in [0.717, 1.165) is 27.6 Å². The fourth-order valence-electron chi connectivity index (χ4n) is 4.63. The topological polar surface area (TPSA) is 86.8 Å². The van der Waals surface area contributed by atoms with Crippen LogP contribution in [-0.2, 0) is 32.6 Å². The monoisotopic (exact) mass is 601 g/mol. The van der Waals surface area contributed by atoms with E-state index in [2.05, 4.69) is 5.32 Å². The van der Waals surface area contributed by atoms with Gasteiger partial charge >= 0.3 is 0 Å². The van der Waals surface area contributed by atoms with Gasteiger partial charge in [0.15, 0.2) is 0 Å². The molecule has 1 N–H and O–H groups in total. The van der Waals surface area contributed by atoms with Gasteiger partial charge in [-0.05, 0) is 60.9 Å². The third kappa shape index (κ3) is 8.29. The highest BCUT2D eigenvalue weighted by molar-refractivity contribution is 7.92. The molecule has 0 radical (unpaired) electrons. The Kier molecular flexibility index (Phi) is 10.7. The van der Waals surface area contributed by atoms with Crippen molar-refractivity contribution in [3.05, 3.63) is 132 Å². The number of nitrogens with zero attached hydrogens (tertiary/aromatic N) is 2. The lowest BCUT2D eigenvalue weighted by Crippen LogP contribution is -2.54. The molecule has 2 atom stereocenters. The summed E-state index contributed by atoms with van der Waals surface area (Å²) in [5.74, 6) is -1.45. The number of hydrogen-bond donors (Lipinski definition) is 1. The first-order valence-corrected chi connectivity index (χ1v) is 15.6. The second-order valence-electron chi connectivity index (χ2n) is 10.3. The summed E-state index contributed by atoms with van der Waals surface area (Å²) in [5.41, 5.74) is 1.76. The van der Waals surface area contributed by atoms with Crippen LogP contribution in [0.4, 0.5) is 10.1 Å². The predicted octanol–water partition coefficient (Wildman–Crippen LogP) is 5.58. The summed E-state index contributed by atoms with van der Waals surface area (Å²) in [7, 11) is -4.23. The van der Waals surface area contributed by atoms with Crippen LogP contribution in [0, 0.1) is 5.82 Å². The summed E-state index contributed by atoms with van der Waals surface area (Å²) in [6.45, 7) is 3.33. The molecule has 0 saturated carbocycles. The van der Waals surface area contributed by atoms with Crippen LogP contribution < -0.4 is 9.62 Å². The zero-order valence-corrected chi connectivity index (χ0v) is 25.1. The van der Waals surface area contributed by atoms with Crippen molar-refractivity contribution in [2.45, 2.75) is 50.2 Å². The average molecular weight is 602 g/mol. The molecule has 4 aromatic carbocycles. The van der Waals surface area contributed by atoms with Crippen molar-refractivity contribution < 1.29 is 22.4 Å². The van der Waals surface area contributed by atoms with E-state index < -0.39 is 34.3 Å². The van der Waals surface area contributed by atoms with Gasteiger partial charge in [-0.1, -0.05) is 85.8 Å². The molecule has 9 heteroatoms. The van der Waals surface area contributed by atoms with Crippen molar-refractivity contribution in [1.29, 1.82) is 0 Å². The van der Waals surface area contributed by atoms with Crippen LogP contribution in [-0.4, -0.2) is 43.8 Å². The first kappa shape index (κ1) is 31.4. The lowest BCUT2D eigenvalue weighted by atomic mass is 10.0. The standard InChI is InChI=1S/C34H36FN3O4S/c1-3-26(2)36-34(40)32(23-27-13-7-4-8-14-27)37(24-28-15-9-5-10-16-28)33(39)25-38(30-21-19-29(35)20-22-30)43(41,42)31-17-11-6-12-18-31/h4-22,26,32H,3,23-25H2,1-2H3,(H,36,40)/t26-,32+/m1/s1. The minimum Gasteiger partial charge on any atom is -0.352 e. The highest BCUT2D eigenvalue weighted by Gasteiger charge is 2.34. The minimum absolute atomic E-state index is 0.0166. The third-order valence-electron chi connectivity index (χ3n) is 7.19. The van der Waals surface area contributed by atoms with E-state index in [-0.39, 0.29) is 35.5 Å². The zero-order valence-electron chi connectivity index (χ0n) is 24.3. The number of benzene rings is 4. The molecule has 224 valence electrons. The number of hydrogen-bond acceptors (Lipinski definition) is 4. The molecule has 0 saturated heterocycles. The summed E-state index contributed by atoms with van der Waals surface area (Å²) >= 11 is 0. The second kappa shape index (κ2) is 14.6. The first-order chi connectivity index (χ1) is 20.7. The lowest BCUT2D eigenvalue weighted by Gasteiger charge is -2.34. The van der Waals surface area contributed by atoms with E-state index in [4.69, 9.17) is 0 Å². The Balaban J connectivity index is 1.78. The second-order valence-corrected chi connectivity index (χ2v) is 12.2. The molecule has 7 nitrogen and oxygen atoms in total. The van der Waals surface area contributed by atoms with E-state index in [1.54, 1.807) is 18.2 Å². The normalized spacial score (nSPS) is 12.6. The number of rotatable bonds is 13. The van der Waals surface area contributed by atoms with Gasteiger partial charge in [-0.25, -0.2) is 12.8 Å². The van der Waals surface area contributed by atoms with Crippen molar-refractivity contribution >= 4 is 27.5 Å². The van der Waals surface area contributed by atoms with Gasteiger partial charge in [0.05, 0.1) is 10.6 Å². The fourth-order valence-corrected chi connectivity index (χ4v) is 6.07. The number of nitrogens with one attached hydrogen (secondary N) is 1. The maximum atomic E-state index is 14.3. The Morgan fingerprint density at radius 3 is 1.88 bits per heavy atom. The molecule has 2 amide bonds. The van der Waals surface area contributed by atoms with Crippen molar-refractivity contribution in [2.75, 3.05) is 10.8 Å². The number of amides is 2. The molecule has 0 spiro atoms. The minimum atomic E-state index is -4.23. The smallest absolute Gasteiger partial charge is 0.264 e. The maximum absolute atomic E-state index is 14.3. The summed E-state index contributed by atoms with van der Waals surface area (Å²) in [6.07, 6.45) is 0.924. The van der Waals surface area contributed by atoms with Crippen LogP contribution in [0.25, 0.3) is 0 Å². The lowest BCUT2D eigenvalue weighted by molar-refractivity contribution is -0.140. The van der Waals surface area contributed by atoms with Crippen LogP contribution in [0.5, 0.6) is 0 Å². The zero-order chi connectivity index (χ0) is 30.8. The van der Waals surface area contributed by atoms with E-state index in [1.165, 1.54) is 29.2 Å². The molecule has 0 aliphatic heterocycles. The maximum Gasteiger partial charge on any atom is 0.264 e. The van der Waals surface area contributed by atoms with Crippen LogP contribution >= 0.6 is 0 Å². The molecule has 0 fully saturated rings. The summed E-state index contributed by atoms with van der Waals surface area (Å²) in [5, 5.41) is 3.01. The SMILES string of the molecule is CC[C@@H](C)NC(=O)[C@H](Cc1ccccc1)N(Cc1ccccc1)C(=O)CN(c1ccc(F)cc1)S(=O)(=O)c1ccccc1. The Hall–Kier alpha value is -4.50. The summed E-state index contributed by atoms with van der Waals surface area (Å²) in [6, 6.07) is 30.3. The highest BCUT2D eigenvalue weighted by atomic mass is 32.2. The Labute approximate surface area is 253 Å². The molecule has 0 aliphatic rings. The predicted molar refractivity (Wildman–Crippen MR) is 166 cm³/mol. The molecular formula is C34H36FN3O4S. The van der Waals surface area contributed by atoms with Crippen molar-refractivity contribution in [1.82, 2.24) is 10.2 Å². The number of sulfonamides is 1. The number of carbonyl (C=O) groups is 2. The van der Waals surface area contributed by atoms with Gasteiger partial charge in [0.2, 0.25) is 11.8 Å². The van der Waals surface area contributed by atoms with E-state index in [1.807, 2.05) is 74.5 Å². The van der Waals surface area contributed by atoms with Crippen LogP contribution in [0.15, 0.2) is 120 Å². The van der Waals surface area contributed by atoms with Crippen LogP contribution in [0.1, 0.15) is 31.4 Å². The molecule has 0 aromatic heterocycles. The van der Waals surface area contributed by atoms with Gasteiger partial charge in [0.25, 0.3) is 10.0 Å². The Bertz CT molecular complexity index is 1590. The van der Waals surface area contributed by atoms with Crippen molar-refractivity contribution in [3.8, 4) is 0 Å². The largest absolute Gasteiger partial charge is 0.352 e. The summed E-state index contributed by atoms with van der Waals surface area (Å²) < 4.78 is 42.6. The Morgan fingerprint density at radius 2 is 1.33 bits per heavy atom. The van der Waals surface area contributed by atoms with Crippen molar-refractivity contribution in [2.24, 2.45) is 0 Å². The van der Waals surface area contributed by atoms with E-state index in [0.29, 0.717) is 6.42 Å². The molecule has 4 rings (SSSR count). The highest BCUT2D eigenvalue weighted by Crippen LogP contribution is 2.25. The molecule has 4 aromatic rings. The third-order valence-corrected chi connectivity index (χ3v) is 8.98. The van der Waals surface area contributed by atoms with Crippen LogP contribution in [0.2, 0.25) is 0 Å². The molecule has 0 bridgehead atoms. The van der Waals surface area contributed by atoms with Gasteiger partial charge < -0.3 is 10.2 Å². The molecular weight excluding hydrogens is 565 g/mol. The molecule has 0 unspecified atom stereocenters. The molecule has 0 heterocycles. The number of carbonyl (C=O) groups excluding carboxylic acids is 2. The average Bonchev–Trinajstić information content (AvgIpc) is 3.03. The number of anilines is 1. The van der Waals surface area contributed by atoms with Gasteiger partial charge in [-0.15, -0.1) is 0 Å².